The fourth-order valence-corrected chi connectivity index (χ4v) is 5.42. The summed E-state index contributed by atoms with van der Waals surface area (Å²) in [5.41, 5.74) is 15.7. The van der Waals surface area contributed by atoms with Crippen molar-refractivity contribution < 1.29 is 0 Å². The summed E-state index contributed by atoms with van der Waals surface area (Å²) in [6.07, 6.45) is 2.88. The molecule has 1 fully saturated rings. The van der Waals surface area contributed by atoms with Crippen molar-refractivity contribution in [1.29, 1.82) is 0 Å². The van der Waals surface area contributed by atoms with Gasteiger partial charge < -0.3 is 16.4 Å². The smallest absolute Gasteiger partial charge is 0.261 e. The van der Waals surface area contributed by atoms with Gasteiger partial charge in [-0.3, -0.25) is 4.79 Å². The van der Waals surface area contributed by atoms with Crippen LogP contribution in [0, 0.1) is 5.41 Å². The van der Waals surface area contributed by atoms with E-state index in [0.29, 0.717) is 16.5 Å². The Morgan fingerprint density at radius 2 is 1.81 bits per heavy atom. The fraction of sp³-hybridized carbons (Fsp3) is 0.304. The number of benzene rings is 2. The number of nitrogens with two attached hydrogens (primary N) is 2. The topological polar surface area (TPSA) is 90.2 Å². The first-order valence-electron chi connectivity index (χ1n) is 10.3. The third-order valence-electron chi connectivity index (χ3n) is 6.78. The van der Waals surface area contributed by atoms with E-state index in [-0.39, 0.29) is 28.0 Å². The molecular weight excluding hydrogens is 433 g/mol. The lowest BCUT2D eigenvalue weighted by Gasteiger charge is -2.42. The van der Waals surface area contributed by atoms with Crippen LogP contribution in [0.4, 0.5) is 11.8 Å². The van der Waals surface area contributed by atoms with Crippen molar-refractivity contribution in [3.63, 3.8) is 0 Å². The maximum Gasteiger partial charge on any atom is 0.261 e. The number of rotatable bonds is 2. The van der Waals surface area contributed by atoms with Crippen molar-refractivity contribution in [3.05, 3.63) is 80.1 Å². The molecule has 5 rings (SSSR count). The average Bonchev–Trinajstić information content (AvgIpc) is 3.02. The Bertz CT molecular complexity index is 1220. The summed E-state index contributed by atoms with van der Waals surface area (Å²) in [6.45, 7) is 1.55. The maximum atomic E-state index is 12.9. The number of hydrogen-bond acceptors (Lipinski definition) is 5. The zero-order valence-corrected chi connectivity index (χ0v) is 18.4. The van der Waals surface area contributed by atoms with E-state index in [9.17, 15) is 4.79 Å². The SMILES string of the molecule is Nc1nc(N2CCC3(CC2)Cc2ccccc2[C@H]3N)cc(=O)n1-c1cccc(Cl)c1Cl. The van der Waals surface area contributed by atoms with E-state index >= 15 is 0 Å². The highest BCUT2D eigenvalue weighted by atomic mass is 35.5. The number of hydrogen-bond donors (Lipinski definition) is 2. The Morgan fingerprint density at radius 3 is 2.52 bits per heavy atom. The summed E-state index contributed by atoms with van der Waals surface area (Å²) in [5, 5.41) is 0.618. The second kappa shape index (κ2) is 7.55. The highest BCUT2D eigenvalue weighted by Crippen LogP contribution is 2.50. The van der Waals surface area contributed by atoms with Gasteiger partial charge in [-0.1, -0.05) is 53.5 Å². The van der Waals surface area contributed by atoms with Gasteiger partial charge in [-0.05, 0) is 47.9 Å². The van der Waals surface area contributed by atoms with Gasteiger partial charge in [0.15, 0.2) is 0 Å². The van der Waals surface area contributed by atoms with Crippen LogP contribution in [0.2, 0.25) is 10.0 Å². The van der Waals surface area contributed by atoms with Crippen molar-refractivity contribution in [3.8, 4) is 5.69 Å². The van der Waals surface area contributed by atoms with Crippen molar-refractivity contribution in [2.75, 3.05) is 23.7 Å². The summed E-state index contributed by atoms with van der Waals surface area (Å²) in [6, 6.07) is 15.1. The van der Waals surface area contributed by atoms with Crippen molar-refractivity contribution in [2.45, 2.75) is 25.3 Å². The minimum Gasteiger partial charge on any atom is -0.369 e. The van der Waals surface area contributed by atoms with Gasteiger partial charge in [-0.15, -0.1) is 0 Å². The largest absolute Gasteiger partial charge is 0.369 e. The van der Waals surface area contributed by atoms with Crippen molar-refractivity contribution >= 4 is 35.0 Å². The van der Waals surface area contributed by atoms with E-state index < -0.39 is 0 Å². The summed E-state index contributed by atoms with van der Waals surface area (Å²) in [4.78, 5) is 19.5. The molecule has 4 N–H and O–H groups in total. The van der Waals surface area contributed by atoms with Crippen LogP contribution in [-0.4, -0.2) is 22.6 Å². The lowest BCUT2D eigenvalue weighted by molar-refractivity contribution is 0.187. The van der Waals surface area contributed by atoms with Crippen LogP contribution in [0.1, 0.15) is 30.0 Å². The monoisotopic (exact) mass is 455 g/mol. The van der Waals surface area contributed by atoms with E-state index in [1.54, 1.807) is 18.2 Å². The Labute approximate surface area is 190 Å². The molecule has 6 nitrogen and oxygen atoms in total. The predicted molar refractivity (Wildman–Crippen MR) is 125 cm³/mol. The fourth-order valence-electron chi connectivity index (χ4n) is 5.04. The number of anilines is 2. The van der Waals surface area contributed by atoms with Gasteiger partial charge in [0.1, 0.15) is 5.82 Å². The van der Waals surface area contributed by atoms with E-state index in [0.717, 1.165) is 32.4 Å². The molecule has 1 atom stereocenters. The molecule has 3 aromatic rings. The second-order valence-electron chi connectivity index (χ2n) is 8.42. The molecule has 0 bridgehead atoms. The van der Waals surface area contributed by atoms with Gasteiger partial charge in [0.2, 0.25) is 5.95 Å². The van der Waals surface area contributed by atoms with Crippen LogP contribution in [0.3, 0.4) is 0 Å². The molecule has 1 aliphatic heterocycles. The first-order chi connectivity index (χ1) is 14.9. The highest BCUT2D eigenvalue weighted by Gasteiger charge is 2.45. The molecular formula is C23H23Cl2N5O. The van der Waals surface area contributed by atoms with Gasteiger partial charge in [0, 0.05) is 25.2 Å². The molecule has 1 aromatic heterocycles. The van der Waals surface area contributed by atoms with Gasteiger partial charge in [0.05, 0.1) is 15.7 Å². The molecule has 1 saturated heterocycles. The summed E-state index contributed by atoms with van der Waals surface area (Å²) >= 11 is 12.4. The first-order valence-corrected chi connectivity index (χ1v) is 11.1. The minimum atomic E-state index is -0.295. The zero-order chi connectivity index (χ0) is 21.8. The predicted octanol–water partition coefficient (Wildman–Crippen LogP) is 3.96. The standard InChI is InChI=1S/C23H23Cl2N5O/c24-16-6-3-7-17(20(16)25)30-19(31)12-18(28-22(30)27)29-10-8-23(9-11-29)13-14-4-1-2-5-15(14)21(23)26/h1-7,12,21H,8-11,13,26H2,(H2,27,28)/t21-/m1/s1. The number of fused-ring (bicyclic) bond motifs is 1. The number of nitrogens with zero attached hydrogens (tertiary/aromatic N) is 3. The molecule has 8 heteroatoms. The lowest BCUT2D eigenvalue weighted by atomic mass is 9.73. The summed E-state index contributed by atoms with van der Waals surface area (Å²) in [5.74, 6) is 0.660. The van der Waals surface area contributed by atoms with Crippen LogP contribution < -0.4 is 21.9 Å². The van der Waals surface area contributed by atoms with Crippen LogP contribution in [0.5, 0.6) is 0 Å². The van der Waals surface area contributed by atoms with Crippen molar-refractivity contribution in [2.24, 2.45) is 11.1 Å². The number of piperidine rings is 1. The Kier molecular flexibility index (Phi) is 4.96. The quantitative estimate of drug-likeness (QED) is 0.609. The highest BCUT2D eigenvalue weighted by molar-refractivity contribution is 6.43. The number of nitrogen functional groups attached to an aromatic ring is 1. The molecule has 0 radical (unpaired) electrons. The molecule has 1 aliphatic carbocycles. The number of halogens is 2. The molecule has 2 aromatic carbocycles. The molecule has 0 amide bonds. The molecule has 0 unspecified atom stereocenters. The summed E-state index contributed by atoms with van der Waals surface area (Å²) in [7, 11) is 0. The molecule has 2 heterocycles. The molecule has 0 saturated carbocycles. The molecule has 2 aliphatic rings. The normalized spacial score (nSPS) is 19.6. The van der Waals surface area contributed by atoms with Gasteiger partial charge in [-0.25, -0.2) is 4.57 Å². The van der Waals surface area contributed by atoms with Crippen LogP contribution in [-0.2, 0) is 6.42 Å². The van der Waals surface area contributed by atoms with E-state index in [1.165, 1.54) is 21.8 Å². The van der Waals surface area contributed by atoms with Crippen LogP contribution in [0.15, 0.2) is 53.3 Å². The first kappa shape index (κ1) is 20.4. The Hall–Kier alpha value is -2.54. The van der Waals surface area contributed by atoms with Gasteiger partial charge in [0.25, 0.3) is 5.56 Å². The Balaban J connectivity index is 1.40. The minimum absolute atomic E-state index is 0.0434. The summed E-state index contributed by atoms with van der Waals surface area (Å²) < 4.78 is 1.28. The van der Waals surface area contributed by atoms with Gasteiger partial charge in [-0.2, -0.15) is 4.98 Å². The van der Waals surface area contributed by atoms with E-state index in [4.69, 9.17) is 34.7 Å². The Morgan fingerprint density at radius 1 is 1.06 bits per heavy atom. The molecule has 160 valence electrons. The van der Waals surface area contributed by atoms with Gasteiger partial charge >= 0.3 is 0 Å². The lowest BCUT2D eigenvalue weighted by Crippen LogP contribution is -2.45. The molecule has 31 heavy (non-hydrogen) atoms. The van der Waals surface area contributed by atoms with Crippen molar-refractivity contribution in [1.82, 2.24) is 9.55 Å². The number of aromatic nitrogens is 2. The third kappa shape index (κ3) is 3.30. The third-order valence-corrected chi connectivity index (χ3v) is 7.59. The maximum absolute atomic E-state index is 12.9. The van der Waals surface area contributed by atoms with Crippen LogP contribution >= 0.6 is 23.2 Å². The average molecular weight is 456 g/mol. The van der Waals surface area contributed by atoms with E-state index in [1.807, 2.05) is 0 Å². The van der Waals surface area contributed by atoms with E-state index in [2.05, 4.69) is 34.1 Å². The zero-order valence-electron chi connectivity index (χ0n) is 16.9. The second-order valence-corrected chi connectivity index (χ2v) is 9.21. The molecule has 1 spiro atoms. The van der Waals surface area contributed by atoms with Crippen LogP contribution in [0.25, 0.3) is 5.69 Å².